The molecule has 0 aromatic carbocycles. The number of thiazole rings is 1. The van der Waals surface area contributed by atoms with Gasteiger partial charge in [-0.15, -0.1) is 11.3 Å². The zero-order chi connectivity index (χ0) is 19.6. The minimum atomic E-state index is -4.49. The predicted octanol–water partition coefficient (Wildman–Crippen LogP) is 4.10. The van der Waals surface area contributed by atoms with Gasteiger partial charge in [0.25, 0.3) is 5.91 Å². The fourth-order valence-electron chi connectivity index (χ4n) is 3.03. The van der Waals surface area contributed by atoms with Crippen LogP contribution in [0.15, 0.2) is 18.2 Å². The number of carbonyl (C=O) groups excluding carboxylic acids is 1. The summed E-state index contributed by atoms with van der Waals surface area (Å²) in [6.07, 6.45) is -3.01. The summed E-state index contributed by atoms with van der Waals surface area (Å²) >= 11 is 1.40. The number of rotatable bonds is 4. The van der Waals surface area contributed by atoms with E-state index in [2.05, 4.69) is 9.97 Å². The van der Waals surface area contributed by atoms with E-state index >= 15 is 0 Å². The second-order valence-corrected chi connectivity index (χ2v) is 7.76. The van der Waals surface area contributed by atoms with Gasteiger partial charge in [0.1, 0.15) is 10.6 Å². The molecule has 27 heavy (non-hydrogen) atoms. The zero-order valence-electron chi connectivity index (χ0n) is 15.0. The quantitative estimate of drug-likeness (QED) is 0.777. The lowest BCUT2D eigenvalue weighted by Crippen LogP contribution is -2.39. The van der Waals surface area contributed by atoms with Crippen molar-refractivity contribution in [3.8, 4) is 5.88 Å². The van der Waals surface area contributed by atoms with Crippen molar-refractivity contribution < 1.29 is 22.7 Å². The number of alkyl halides is 3. The molecule has 9 heteroatoms. The molecule has 1 fully saturated rings. The number of likely N-dealkylation sites (tertiary alicyclic amines) is 1. The third-order valence-electron chi connectivity index (χ3n) is 4.48. The molecule has 0 N–H and O–H groups in total. The Morgan fingerprint density at radius 3 is 2.56 bits per heavy atom. The molecule has 1 aliphatic rings. The van der Waals surface area contributed by atoms with E-state index in [0.717, 1.165) is 29.6 Å². The molecule has 0 bridgehead atoms. The second kappa shape index (κ2) is 7.84. The third-order valence-corrected chi connectivity index (χ3v) is 5.54. The molecule has 0 atom stereocenters. The number of amides is 1. The standard InChI is InChI=1S/C18H20F3N3O2S/c1-11-16(27-12(2)22-11)17(25)24-8-6-13(7-9-24)10-26-15-5-3-4-14(23-15)18(19,20)21/h3-5,13H,6-10H2,1-2H3. The van der Waals surface area contributed by atoms with Gasteiger partial charge in [-0.05, 0) is 38.7 Å². The van der Waals surface area contributed by atoms with Crippen LogP contribution in [0.5, 0.6) is 5.88 Å². The first kappa shape index (κ1) is 19.6. The van der Waals surface area contributed by atoms with Crippen LogP contribution in [0.25, 0.3) is 0 Å². The molecule has 0 radical (unpaired) electrons. The van der Waals surface area contributed by atoms with Gasteiger partial charge in [0.15, 0.2) is 0 Å². The van der Waals surface area contributed by atoms with Crippen LogP contribution in [0.1, 0.15) is 38.9 Å². The predicted molar refractivity (Wildman–Crippen MR) is 94.9 cm³/mol. The summed E-state index contributed by atoms with van der Waals surface area (Å²) < 4.78 is 43.5. The fraction of sp³-hybridized carbons (Fsp3) is 0.500. The van der Waals surface area contributed by atoms with Gasteiger partial charge in [-0.1, -0.05) is 6.07 Å². The Hall–Kier alpha value is -2.16. The molecule has 1 amide bonds. The number of hydrogen-bond donors (Lipinski definition) is 0. The Labute approximate surface area is 159 Å². The number of hydrogen-bond acceptors (Lipinski definition) is 5. The largest absolute Gasteiger partial charge is 0.477 e. The van der Waals surface area contributed by atoms with Crippen molar-refractivity contribution >= 4 is 17.2 Å². The van der Waals surface area contributed by atoms with Crippen molar-refractivity contribution in [2.45, 2.75) is 32.9 Å². The van der Waals surface area contributed by atoms with Gasteiger partial charge in [-0.2, -0.15) is 13.2 Å². The second-order valence-electron chi connectivity index (χ2n) is 6.55. The number of ether oxygens (including phenoxy) is 1. The monoisotopic (exact) mass is 399 g/mol. The summed E-state index contributed by atoms with van der Waals surface area (Å²) in [6.45, 7) is 5.19. The summed E-state index contributed by atoms with van der Waals surface area (Å²) in [4.78, 5) is 22.9. The van der Waals surface area contributed by atoms with Gasteiger partial charge in [0, 0.05) is 19.2 Å². The van der Waals surface area contributed by atoms with Crippen LogP contribution in [0.3, 0.4) is 0 Å². The van der Waals surface area contributed by atoms with E-state index < -0.39 is 11.9 Å². The summed E-state index contributed by atoms with van der Waals surface area (Å²) in [7, 11) is 0. The van der Waals surface area contributed by atoms with E-state index in [9.17, 15) is 18.0 Å². The van der Waals surface area contributed by atoms with Crippen LogP contribution in [0, 0.1) is 19.8 Å². The van der Waals surface area contributed by atoms with Crippen molar-refractivity contribution in [2.75, 3.05) is 19.7 Å². The fourth-order valence-corrected chi connectivity index (χ4v) is 3.92. The highest BCUT2D eigenvalue weighted by Crippen LogP contribution is 2.29. The highest BCUT2D eigenvalue weighted by molar-refractivity contribution is 7.13. The number of pyridine rings is 1. The van der Waals surface area contributed by atoms with Crippen LogP contribution in [0.2, 0.25) is 0 Å². The van der Waals surface area contributed by atoms with Crippen molar-refractivity contribution in [3.63, 3.8) is 0 Å². The number of piperidine rings is 1. The van der Waals surface area contributed by atoms with E-state index in [1.54, 1.807) is 4.90 Å². The zero-order valence-corrected chi connectivity index (χ0v) is 15.9. The van der Waals surface area contributed by atoms with Crippen LogP contribution < -0.4 is 4.74 Å². The molecule has 5 nitrogen and oxygen atoms in total. The van der Waals surface area contributed by atoms with E-state index in [4.69, 9.17) is 4.74 Å². The molecule has 0 spiro atoms. The molecule has 0 unspecified atom stereocenters. The summed E-state index contributed by atoms with van der Waals surface area (Å²) in [5, 5.41) is 0.868. The van der Waals surface area contributed by atoms with Crippen LogP contribution in [0.4, 0.5) is 13.2 Å². The number of carbonyl (C=O) groups is 1. The highest BCUT2D eigenvalue weighted by Gasteiger charge is 2.33. The van der Waals surface area contributed by atoms with Gasteiger partial charge < -0.3 is 9.64 Å². The Balaban J connectivity index is 1.51. The van der Waals surface area contributed by atoms with E-state index in [1.165, 1.54) is 23.5 Å². The Kier molecular flexibility index (Phi) is 5.69. The lowest BCUT2D eigenvalue weighted by atomic mass is 9.97. The Bertz CT molecular complexity index is 814. The SMILES string of the molecule is Cc1nc(C)c(C(=O)N2CCC(COc3cccc(C(F)(F)F)n3)CC2)s1. The number of nitrogens with zero attached hydrogens (tertiary/aromatic N) is 3. The van der Waals surface area contributed by atoms with Crippen LogP contribution in [-0.2, 0) is 6.18 Å². The molecule has 0 aliphatic carbocycles. The Morgan fingerprint density at radius 2 is 1.96 bits per heavy atom. The maximum atomic E-state index is 12.7. The van der Waals surface area contributed by atoms with Gasteiger partial charge in [-0.3, -0.25) is 4.79 Å². The molecule has 3 rings (SSSR count). The number of aryl methyl sites for hydroxylation is 2. The molecule has 146 valence electrons. The Morgan fingerprint density at radius 1 is 1.26 bits per heavy atom. The summed E-state index contributed by atoms with van der Waals surface area (Å²) in [5.74, 6) is 0.144. The van der Waals surface area contributed by atoms with Crippen molar-refractivity contribution in [1.29, 1.82) is 0 Å². The highest BCUT2D eigenvalue weighted by atomic mass is 32.1. The van der Waals surface area contributed by atoms with Crippen molar-refractivity contribution in [3.05, 3.63) is 39.5 Å². The van der Waals surface area contributed by atoms with Gasteiger partial charge >= 0.3 is 6.18 Å². The molecule has 1 aliphatic heterocycles. The minimum absolute atomic E-state index is 0.00277. The minimum Gasteiger partial charge on any atom is -0.477 e. The van der Waals surface area contributed by atoms with Gasteiger partial charge in [0.05, 0.1) is 17.3 Å². The first-order valence-electron chi connectivity index (χ1n) is 8.64. The normalized spacial score (nSPS) is 15.8. The molecule has 2 aromatic heterocycles. The van der Waals surface area contributed by atoms with E-state index in [1.807, 2.05) is 13.8 Å². The van der Waals surface area contributed by atoms with Crippen LogP contribution >= 0.6 is 11.3 Å². The first-order chi connectivity index (χ1) is 12.7. The lowest BCUT2D eigenvalue weighted by molar-refractivity contribution is -0.141. The van der Waals surface area contributed by atoms with E-state index in [0.29, 0.717) is 18.0 Å². The number of halogens is 3. The van der Waals surface area contributed by atoms with Crippen molar-refractivity contribution in [1.82, 2.24) is 14.9 Å². The van der Waals surface area contributed by atoms with Crippen LogP contribution in [-0.4, -0.2) is 40.5 Å². The molecule has 1 saturated heterocycles. The molecule has 3 heterocycles. The average Bonchev–Trinajstić information content (AvgIpc) is 2.97. The summed E-state index contributed by atoms with van der Waals surface area (Å²) in [6, 6.07) is 3.62. The molecule has 2 aromatic rings. The average molecular weight is 399 g/mol. The third kappa shape index (κ3) is 4.77. The molecular formula is C18H20F3N3O2S. The first-order valence-corrected chi connectivity index (χ1v) is 9.46. The molecular weight excluding hydrogens is 379 g/mol. The summed E-state index contributed by atoms with van der Waals surface area (Å²) in [5.41, 5.74) is -0.209. The van der Waals surface area contributed by atoms with Gasteiger partial charge in [-0.25, -0.2) is 9.97 Å². The maximum Gasteiger partial charge on any atom is 0.433 e. The topological polar surface area (TPSA) is 55.3 Å². The molecule has 0 saturated carbocycles. The smallest absolute Gasteiger partial charge is 0.433 e. The number of aromatic nitrogens is 2. The lowest BCUT2D eigenvalue weighted by Gasteiger charge is -2.31. The van der Waals surface area contributed by atoms with Crippen molar-refractivity contribution in [2.24, 2.45) is 5.92 Å². The van der Waals surface area contributed by atoms with Gasteiger partial charge in [0.2, 0.25) is 5.88 Å². The maximum absolute atomic E-state index is 12.7. The van der Waals surface area contributed by atoms with E-state index in [-0.39, 0.29) is 24.3 Å².